The number of benzene rings is 2. The first-order chi connectivity index (χ1) is 14.1. The molecule has 27 heavy (non-hydrogen) atoms. The van der Waals surface area contributed by atoms with E-state index in [-0.39, 0.29) is 27.3 Å². The quantitative estimate of drug-likeness (QED) is 0.663. The molecule has 0 saturated heterocycles. The molecule has 0 fully saturated rings. The van der Waals surface area contributed by atoms with Gasteiger partial charge in [-0.05, 0) is 35.2 Å². The largest absolute Gasteiger partial charge is 0.496 e. The summed E-state index contributed by atoms with van der Waals surface area (Å²) in [5.41, 5.74) is -0.868. The van der Waals surface area contributed by atoms with Crippen LogP contribution in [0, 0.1) is 11.6 Å². The van der Waals surface area contributed by atoms with Gasteiger partial charge in [-0.1, -0.05) is 18.2 Å². The minimum absolute atomic E-state index is 0.00962. The van der Waals surface area contributed by atoms with Crippen molar-refractivity contribution in [2.24, 2.45) is 0 Å². The standard InChI is InChI=1S/C19H13F2NO4S/c1-26-15-5-3-2-4-11(15)10-8-13(20)16(14(21)9-10)22-18(23)12-6-7-27-17(12)19(24)25/h2-9H,1H3,(H,22,23)(H,24,25)/i1D3. The fraction of sp³-hybridized carbons (Fsp3) is 0.0526. The highest BCUT2D eigenvalue weighted by molar-refractivity contribution is 7.12. The summed E-state index contributed by atoms with van der Waals surface area (Å²) in [5.74, 6) is -4.68. The van der Waals surface area contributed by atoms with E-state index in [1.165, 1.54) is 35.7 Å². The molecule has 0 atom stereocenters. The molecule has 3 rings (SSSR count). The number of hydrogen-bond donors (Lipinski definition) is 2. The number of amides is 1. The van der Waals surface area contributed by atoms with Crippen LogP contribution >= 0.6 is 11.3 Å². The highest BCUT2D eigenvalue weighted by Crippen LogP contribution is 2.33. The summed E-state index contributed by atoms with van der Waals surface area (Å²) < 4.78 is 55.7. The maximum atomic E-state index is 14.6. The third kappa shape index (κ3) is 3.65. The lowest BCUT2D eigenvalue weighted by Crippen LogP contribution is -2.16. The Kier molecular flexibility index (Phi) is 4.15. The van der Waals surface area contributed by atoms with E-state index in [4.69, 9.17) is 14.0 Å². The number of methoxy groups -OCH3 is 1. The Morgan fingerprint density at radius 1 is 1.19 bits per heavy atom. The Hall–Kier alpha value is -3.26. The van der Waals surface area contributed by atoms with Crippen molar-refractivity contribution in [3.8, 4) is 16.9 Å². The second-order valence-corrected chi connectivity index (χ2v) is 6.25. The minimum Gasteiger partial charge on any atom is -0.496 e. The van der Waals surface area contributed by atoms with Crippen LogP contribution in [0.3, 0.4) is 0 Å². The van der Waals surface area contributed by atoms with E-state index in [1.807, 2.05) is 5.32 Å². The van der Waals surface area contributed by atoms with Crippen molar-refractivity contribution in [3.63, 3.8) is 0 Å². The topological polar surface area (TPSA) is 75.6 Å². The van der Waals surface area contributed by atoms with Crippen LogP contribution in [-0.4, -0.2) is 24.0 Å². The minimum atomic E-state index is -2.76. The number of halogens is 2. The molecule has 0 saturated carbocycles. The summed E-state index contributed by atoms with van der Waals surface area (Å²) in [6.07, 6.45) is 0. The zero-order chi connectivity index (χ0) is 22.1. The second-order valence-electron chi connectivity index (χ2n) is 5.34. The van der Waals surface area contributed by atoms with Crippen molar-refractivity contribution < 1.29 is 32.3 Å². The van der Waals surface area contributed by atoms with Crippen molar-refractivity contribution in [1.29, 1.82) is 0 Å². The number of ether oxygens (including phenoxy) is 1. The number of thiophene rings is 1. The van der Waals surface area contributed by atoms with Crippen molar-refractivity contribution in [3.05, 3.63) is 69.9 Å². The maximum absolute atomic E-state index is 14.6. The Balaban J connectivity index is 1.95. The molecule has 1 aromatic heterocycles. The molecule has 0 aliphatic carbocycles. The Labute approximate surface area is 161 Å². The number of hydrogen-bond acceptors (Lipinski definition) is 4. The summed E-state index contributed by atoms with van der Waals surface area (Å²) in [5, 5.41) is 12.5. The van der Waals surface area contributed by atoms with Crippen LogP contribution in [0.25, 0.3) is 11.1 Å². The van der Waals surface area contributed by atoms with E-state index in [9.17, 15) is 18.4 Å². The van der Waals surface area contributed by atoms with Crippen LogP contribution < -0.4 is 10.1 Å². The van der Waals surface area contributed by atoms with Gasteiger partial charge in [-0.25, -0.2) is 13.6 Å². The number of aromatic carboxylic acids is 1. The molecule has 1 heterocycles. The molecule has 2 N–H and O–H groups in total. The van der Waals surface area contributed by atoms with Crippen LogP contribution in [0.4, 0.5) is 14.5 Å². The lowest BCUT2D eigenvalue weighted by Gasteiger charge is -2.12. The van der Waals surface area contributed by atoms with Crippen molar-refractivity contribution in [2.45, 2.75) is 0 Å². The molecule has 138 valence electrons. The summed E-state index contributed by atoms with van der Waals surface area (Å²) >= 11 is 0.803. The number of rotatable bonds is 5. The summed E-state index contributed by atoms with van der Waals surface area (Å²) in [6.45, 7) is 0. The fourth-order valence-corrected chi connectivity index (χ4v) is 3.21. The van der Waals surface area contributed by atoms with Gasteiger partial charge < -0.3 is 15.2 Å². The normalized spacial score (nSPS) is 12.6. The monoisotopic (exact) mass is 392 g/mol. The Morgan fingerprint density at radius 2 is 1.89 bits per heavy atom. The lowest BCUT2D eigenvalue weighted by molar-refractivity contribution is 0.0698. The first kappa shape index (κ1) is 14.9. The third-order valence-electron chi connectivity index (χ3n) is 3.69. The number of carbonyl (C=O) groups is 2. The van der Waals surface area contributed by atoms with Gasteiger partial charge in [0, 0.05) is 5.56 Å². The molecule has 0 spiro atoms. The van der Waals surface area contributed by atoms with E-state index in [0.29, 0.717) is 0 Å². The molecular weight excluding hydrogens is 376 g/mol. The number of anilines is 1. The maximum Gasteiger partial charge on any atom is 0.346 e. The van der Waals surface area contributed by atoms with E-state index >= 15 is 0 Å². The summed E-state index contributed by atoms with van der Waals surface area (Å²) in [6, 6.07) is 8.87. The molecule has 5 nitrogen and oxygen atoms in total. The number of nitrogens with one attached hydrogen (secondary N) is 1. The van der Waals surface area contributed by atoms with E-state index in [0.717, 1.165) is 23.5 Å². The van der Waals surface area contributed by atoms with Gasteiger partial charge in [0.2, 0.25) is 0 Å². The van der Waals surface area contributed by atoms with Gasteiger partial charge in [0.15, 0.2) is 0 Å². The Bertz CT molecular complexity index is 1110. The van der Waals surface area contributed by atoms with Gasteiger partial charge in [-0.3, -0.25) is 4.79 Å². The van der Waals surface area contributed by atoms with Gasteiger partial charge in [0.05, 0.1) is 16.7 Å². The number of carboxylic acid groups (broad SMARTS) is 1. The number of carboxylic acids is 1. The molecule has 8 heteroatoms. The van der Waals surface area contributed by atoms with Gasteiger partial charge in [0.25, 0.3) is 5.91 Å². The van der Waals surface area contributed by atoms with Crippen LogP contribution in [0.15, 0.2) is 47.8 Å². The summed E-state index contributed by atoms with van der Waals surface area (Å²) in [7, 11) is -2.76. The molecular formula is C19H13F2NO4S. The first-order valence-corrected chi connectivity index (χ1v) is 8.34. The smallest absolute Gasteiger partial charge is 0.346 e. The average Bonchev–Trinajstić information content (AvgIpc) is 3.14. The zero-order valence-electron chi connectivity index (χ0n) is 16.5. The van der Waals surface area contributed by atoms with Gasteiger partial charge in [-0.2, -0.15) is 0 Å². The summed E-state index contributed by atoms with van der Waals surface area (Å²) in [4.78, 5) is 23.2. The molecule has 0 aliphatic heterocycles. The van der Waals surface area contributed by atoms with Crippen LogP contribution in [0.1, 0.15) is 24.1 Å². The van der Waals surface area contributed by atoms with Crippen molar-refractivity contribution >= 4 is 28.9 Å². The van der Waals surface area contributed by atoms with Crippen molar-refractivity contribution in [2.75, 3.05) is 12.4 Å². The molecule has 0 aliphatic rings. The Morgan fingerprint density at radius 3 is 2.56 bits per heavy atom. The number of carbonyl (C=O) groups excluding carboxylic acids is 1. The van der Waals surface area contributed by atoms with Crippen LogP contribution in [0.2, 0.25) is 0 Å². The fourth-order valence-electron chi connectivity index (χ4n) is 2.48. The molecule has 1 amide bonds. The third-order valence-corrected chi connectivity index (χ3v) is 4.60. The predicted molar refractivity (Wildman–Crippen MR) is 97.6 cm³/mol. The highest BCUT2D eigenvalue weighted by atomic mass is 32.1. The lowest BCUT2D eigenvalue weighted by atomic mass is 10.0. The molecule has 0 unspecified atom stereocenters. The van der Waals surface area contributed by atoms with Crippen molar-refractivity contribution in [1.82, 2.24) is 0 Å². The number of para-hydroxylation sites is 1. The first-order valence-electron chi connectivity index (χ1n) is 8.96. The van der Waals surface area contributed by atoms with Crippen LogP contribution in [-0.2, 0) is 0 Å². The van der Waals surface area contributed by atoms with Gasteiger partial charge in [-0.15, -0.1) is 11.3 Å². The van der Waals surface area contributed by atoms with Crippen LogP contribution in [0.5, 0.6) is 5.75 Å². The van der Waals surface area contributed by atoms with E-state index in [1.54, 1.807) is 0 Å². The highest BCUT2D eigenvalue weighted by Gasteiger charge is 2.21. The molecule has 0 bridgehead atoms. The van der Waals surface area contributed by atoms with Gasteiger partial charge >= 0.3 is 5.97 Å². The van der Waals surface area contributed by atoms with E-state index < -0.39 is 36.2 Å². The average molecular weight is 392 g/mol. The zero-order valence-corrected chi connectivity index (χ0v) is 14.3. The molecule has 2 aromatic carbocycles. The van der Waals surface area contributed by atoms with Gasteiger partial charge in [0.1, 0.15) is 27.9 Å². The van der Waals surface area contributed by atoms with E-state index in [2.05, 4.69) is 0 Å². The predicted octanol–water partition coefficient (Wildman–Crippen LogP) is 4.65. The molecule has 3 aromatic rings. The second kappa shape index (κ2) is 7.55. The SMILES string of the molecule is [2H]C([2H])([2H])Oc1ccccc1-c1cc(F)c(NC(=O)c2ccsc2C(=O)O)c(F)c1. The molecule has 0 radical (unpaired) electrons.